The van der Waals surface area contributed by atoms with E-state index >= 15 is 0 Å². The Bertz CT molecular complexity index is 527. The SMILES string of the molecule is OC(Cc1cc(Br)ccc1F)c1ccc(Cl)o1. The van der Waals surface area contributed by atoms with Crippen LogP contribution in [0.25, 0.3) is 0 Å². The van der Waals surface area contributed by atoms with Gasteiger partial charge in [0, 0.05) is 10.9 Å². The Kier molecular flexibility index (Phi) is 3.86. The second-order valence-electron chi connectivity index (χ2n) is 3.60. The van der Waals surface area contributed by atoms with E-state index < -0.39 is 6.10 Å². The first kappa shape index (κ1) is 12.6. The number of rotatable bonds is 3. The summed E-state index contributed by atoms with van der Waals surface area (Å²) in [4.78, 5) is 0. The summed E-state index contributed by atoms with van der Waals surface area (Å²) in [6.07, 6.45) is -0.777. The van der Waals surface area contributed by atoms with E-state index in [0.29, 0.717) is 11.3 Å². The smallest absolute Gasteiger partial charge is 0.193 e. The Balaban J connectivity index is 2.18. The minimum Gasteiger partial charge on any atom is -0.447 e. The molecule has 17 heavy (non-hydrogen) atoms. The lowest BCUT2D eigenvalue weighted by atomic mass is 10.1. The molecule has 1 aromatic heterocycles. The fraction of sp³-hybridized carbons (Fsp3) is 0.167. The van der Waals surface area contributed by atoms with Gasteiger partial charge in [-0.1, -0.05) is 15.9 Å². The van der Waals surface area contributed by atoms with Crippen molar-refractivity contribution in [3.8, 4) is 0 Å². The number of aliphatic hydroxyl groups excluding tert-OH is 1. The van der Waals surface area contributed by atoms with Gasteiger partial charge in [-0.2, -0.15) is 0 Å². The molecule has 0 fully saturated rings. The highest BCUT2D eigenvalue weighted by Crippen LogP contribution is 2.25. The maximum Gasteiger partial charge on any atom is 0.193 e. The summed E-state index contributed by atoms with van der Waals surface area (Å²) in [5.74, 6) is -0.0284. The van der Waals surface area contributed by atoms with E-state index in [1.807, 2.05) is 0 Å². The Morgan fingerprint density at radius 1 is 1.35 bits per heavy atom. The summed E-state index contributed by atoms with van der Waals surface area (Å²) in [6.45, 7) is 0. The van der Waals surface area contributed by atoms with Crippen molar-refractivity contribution in [3.63, 3.8) is 0 Å². The molecule has 90 valence electrons. The normalized spacial score (nSPS) is 12.7. The highest BCUT2D eigenvalue weighted by atomic mass is 79.9. The fourth-order valence-electron chi connectivity index (χ4n) is 1.52. The van der Waals surface area contributed by atoms with Gasteiger partial charge in [0.25, 0.3) is 0 Å². The molecule has 1 unspecified atom stereocenters. The van der Waals surface area contributed by atoms with Crippen LogP contribution in [0.15, 0.2) is 39.2 Å². The maximum absolute atomic E-state index is 13.5. The average Bonchev–Trinajstić information content (AvgIpc) is 2.70. The second-order valence-corrected chi connectivity index (χ2v) is 4.89. The van der Waals surface area contributed by atoms with Crippen LogP contribution in [0.1, 0.15) is 17.4 Å². The molecule has 2 rings (SSSR count). The van der Waals surface area contributed by atoms with E-state index in [4.69, 9.17) is 16.0 Å². The Hall–Kier alpha value is -0.840. The van der Waals surface area contributed by atoms with E-state index in [1.165, 1.54) is 12.1 Å². The molecule has 1 aromatic carbocycles. The molecule has 1 heterocycles. The molecule has 1 N–H and O–H groups in total. The molecule has 0 saturated carbocycles. The molecule has 0 saturated heterocycles. The summed E-state index contributed by atoms with van der Waals surface area (Å²) in [5, 5.41) is 10.1. The second kappa shape index (κ2) is 5.21. The quantitative estimate of drug-likeness (QED) is 0.923. The van der Waals surface area contributed by atoms with Gasteiger partial charge in [-0.05, 0) is 47.5 Å². The van der Waals surface area contributed by atoms with Crippen LogP contribution in [-0.2, 0) is 6.42 Å². The molecule has 1 atom stereocenters. The van der Waals surface area contributed by atoms with E-state index in [1.54, 1.807) is 18.2 Å². The van der Waals surface area contributed by atoms with Crippen molar-refractivity contribution >= 4 is 27.5 Å². The zero-order valence-electron chi connectivity index (χ0n) is 8.66. The number of hydrogen-bond acceptors (Lipinski definition) is 2. The van der Waals surface area contributed by atoms with Gasteiger partial charge in [-0.25, -0.2) is 4.39 Å². The third kappa shape index (κ3) is 3.09. The van der Waals surface area contributed by atoms with Crippen LogP contribution >= 0.6 is 27.5 Å². The Morgan fingerprint density at radius 2 is 2.12 bits per heavy atom. The summed E-state index contributed by atoms with van der Waals surface area (Å²) in [5.41, 5.74) is 0.416. The minimum absolute atomic E-state index is 0.134. The first-order valence-electron chi connectivity index (χ1n) is 4.93. The molecule has 0 aliphatic carbocycles. The molecule has 0 radical (unpaired) electrons. The number of aliphatic hydroxyl groups is 1. The summed E-state index contributed by atoms with van der Waals surface area (Å²) >= 11 is 8.86. The third-order valence-electron chi connectivity index (χ3n) is 2.34. The summed E-state index contributed by atoms with van der Waals surface area (Å²) in [6, 6.07) is 7.69. The first-order valence-corrected chi connectivity index (χ1v) is 6.10. The molecule has 2 aromatic rings. The van der Waals surface area contributed by atoms with Crippen LogP contribution in [-0.4, -0.2) is 5.11 Å². The van der Waals surface area contributed by atoms with Crippen LogP contribution < -0.4 is 0 Å². The monoisotopic (exact) mass is 318 g/mol. The van der Waals surface area contributed by atoms with Crippen molar-refractivity contribution in [2.75, 3.05) is 0 Å². The third-order valence-corrected chi connectivity index (χ3v) is 3.04. The van der Waals surface area contributed by atoms with Crippen molar-refractivity contribution in [1.82, 2.24) is 0 Å². The molecule has 0 bridgehead atoms. The molecular weight excluding hydrogens is 310 g/mol. The molecule has 5 heteroatoms. The number of hydrogen-bond donors (Lipinski definition) is 1. The van der Waals surface area contributed by atoms with Gasteiger partial charge < -0.3 is 9.52 Å². The van der Waals surface area contributed by atoms with Crippen molar-refractivity contribution in [2.45, 2.75) is 12.5 Å². The van der Waals surface area contributed by atoms with E-state index in [2.05, 4.69) is 15.9 Å². The van der Waals surface area contributed by atoms with Gasteiger partial charge in [0.15, 0.2) is 5.22 Å². The first-order chi connectivity index (χ1) is 8.06. The Morgan fingerprint density at radius 3 is 2.76 bits per heavy atom. The highest BCUT2D eigenvalue weighted by molar-refractivity contribution is 9.10. The van der Waals surface area contributed by atoms with Gasteiger partial charge in [0.2, 0.25) is 0 Å². The number of furan rings is 1. The van der Waals surface area contributed by atoms with Crippen molar-refractivity contribution in [1.29, 1.82) is 0 Å². The lowest BCUT2D eigenvalue weighted by molar-refractivity contribution is 0.149. The van der Waals surface area contributed by atoms with E-state index in [0.717, 1.165) is 4.47 Å². The zero-order valence-corrected chi connectivity index (χ0v) is 11.0. The summed E-state index contributed by atoms with van der Waals surface area (Å²) < 4.78 is 19.3. The van der Waals surface area contributed by atoms with Gasteiger partial charge in [-0.15, -0.1) is 0 Å². The standard InChI is InChI=1S/C12H9BrClFO2/c13-8-1-2-9(15)7(5-8)6-10(16)11-3-4-12(14)17-11/h1-5,10,16H,6H2. The molecule has 0 aliphatic rings. The predicted molar refractivity (Wildman–Crippen MR) is 66.5 cm³/mol. The lowest BCUT2D eigenvalue weighted by Gasteiger charge is -2.09. The maximum atomic E-state index is 13.5. The van der Waals surface area contributed by atoms with Crippen LogP contribution in [0.4, 0.5) is 4.39 Å². The predicted octanol–water partition coefficient (Wildman–Crippen LogP) is 4.11. The molecular formula is C12H9BrClFO2. The van der Waals surface area contributed by atoms with Gasteiger partial charge in [-0.3, -0.25) is 0 Å². The number of halogens is 3. The molecule has 0 spiro atoms. The van der Waals surface area contributed by atoms with Crippen LogP contribution in [0.2, 0.25) is 5.22 Å². The van der Waals surface area contributed by atoms with Gasteiger partial charge >= 0.3 is 0 Å². The zero-order chi connectivity index (χ0) is 12.4. The van der Waals surface area contributed by atoms with Crippen LogP contribution in [0, 0.1) is 5.82 Å². The number of benzene rings is 1. The average molecular weight is 320 g/mol. The molecule has 0 aliphatic heterocycles. The topological polar surface area (TPSA) is 33.4 Å². The Labute approximate surface area is 111 Å². The van der Waals surface area contributed by atoms with Crippen LogP contribution in [0.3, 0.4) is 0 Å². The van der Waals surface area contributed by atoms with Crippen molar-refractivity contribution < 1.29 is 13.9 Å². The molecule has 0 amide bonds. The van der Waals surface area contributed by atoms with Crippen molar-refractivity contribution in [2.24, 2.45) is 0 Å². The van der Waals surface area contributed by atoms with Crippen molar-refractivity contribution in [3.05, 3.63) is 57.2 Å². The largest absolute Gasteiger partial charge is 0.447 e. The van der Waals surface area contributed by atoms with E-state index in [-0.39, 0.29) is 17.5 Å². The van der Waals surface area contributed by atoms with Gasteiger partial charge in [0.05, 0.1) is 0 Å². The molecule has 2 nitrogen and oxygen atoms in total. The summed E-state index contributed by atoms with van der Waals surface area (Å²) in [7, 11) is 0. The fourth-order valence-corrected chi connectivity index (χ4v) is 2.08. The minimum atomic E-state index is -0.911. The van der Waals surface area contributed by atoms with E-state index in [9.17, 15) is 9.50 Å². The highest BCUT2D eigenvalue weighted by Gasteiger charge is 2.15. The van der Waals surface area contributed by atoms with Gasteiger partial charge in [0.1, 0.15) is 17.7 Å². The lowest BCUT2D eigenvalue weighted by Crippen LogP contribution is -2.02. The van der Waals surface area contributed by atoms with Crippen LogP contribution in [0.5, 0.6) is 0 Å².